The zero-order chi connectivity index (χ0) is 19.6. The van der Waals surface area contributed by atoms with Crippen molar-refractivity contribution in [1.29, 1.82) is 0 Å². The van der Waals surface area contributed by atoms with E-state index < -0.39 is 0 Å². The van der Waals surface area contributed by atoms with Crippen LogP contribution >= 0.6 is 0 Å². The first-order valence-corrected chi connectivity index (χ1v) is 10.3. The van der Waals surface area contributed by atoms with Crippen LogP contribution in [0, 0.1) is 11.3 Å². The summed E-state index contributed by atoms with van der Waals surface area (Å²) in [6.07, 6.45) is 7.16. The van der Waals surface area contributed by atoms with Crippen LogP contribution in [0.1, 0.15) is 76.0 Å². The Labute approximate surface area is 161 Å². The lowest BCUT2D eigenvalue weighted by atomic mass is 9.82. The van der Waals surface area contributed by atoms with Crippen LogP contribution in [0.15, 0.2) is 18.2 Å². The summed E-state index contributed by atoms with van der Waals surface area (Å²) < 4.78 is 5.96. The van der Waals surface area contributed by atoms with E-state index in [1.807, 2.05) is 0 Å². The van der Waals surface area contributed by atoms with Crippen molar-refractivity contribution in [3.8, 4) is 0 Å². The molecule has 3 heteroatoms. The van der Waals surface area contributed by atoms with E-state index in [0.717, 1.165) is 33.3 Å². The molecule has 2 atom stereocenters. The molecule has 150 valence electrons. The highest BCUT2D eigenvalue weighted by Gasteiger charge is 2.20. The predicted octanol–water partition coefficient (Wildman–Crippen LogP) is 4.70. The van der Waals surface area contributed by atoms with Crippen LogP contribution in [0.25, 0.3) is 0 Å². The standard InChI is InChI=1S/C22H37NO.CH4O/c1-5-6-21(15-23)20-10-9-18-13-17(7-8-19(18)14-20)16-24-12-11-22(2,3)4;1-2/h9-10,14,17,21H,5-8,11-13,15-16,23H2,1-4H3;2H,1H3. The second-order valence-corrected chi connectivity index (χ2v) is 8.74. The lowest BCUT2D eigenvalue weighted by Gasteiger charge is -2.26. The van der Waals surface area contributed by atoms with E-state index in [1.165, 1.54) is 43.2 Å². The van der Waals surface area contributed by atoms with Crippen molar-refractivity contribution in [3.05, 3.63) is 34.9 Å². The molecule has 26 heavy (non-hydrogen) atoms. The Morgan fingerprint density at radius 1 is 1.23 bits per heavy atom. The summed E-state index contributed by atoms with van der Waals surface area (Å²) in [6.45, 7) is 11.6. The molecule has 0 bridgehead atoms. The first-order valence-electron chi connectivity index (χ1n) is 10.3. The number of fused-ring (bicyclic) bond motifs is 1. The van der Waals surface area contributed by atoms with Gasteiger partial charge in [0.15, 0.2) is 0 Å². The fraction of sp³-hybridized carbons (Fsp3) is 0.739. The van der Waals surface area contributed by atoms with Crippen molar-refractivity contribution in [2.75, 3.05) is 26.9 Å². The summed E-state index contributed by atoms with van der Waals surface area (Å²) in [4.78, 5) is 0. The summed E-state index contributed by atoms with van der Waals surface area (Å²) >= 11 is 0. The maximum absolute atomic E-state index is 7.00. The average Bonchev–Trinajstić information content (AvgIpc) is 2.63. The van der Waals surface area contributed by atoms with Gasteiger partial charge >= 0.3 is 0 Å². The zero-order valence-electron chi connectivity index (χ0n) is 17.7. The Balaban J connectivity index is 0.00000163. The maximum Gasteiger partial charge on any atom is 0.0497 e. The minimum Gasteiger partial charge on any atom is -0.400 e. The van der Waals surface area contributed by atoms with Crippen LogP contribution in [-0.2, 0) is 17.6 Å². The molecule has 1 aromatic carbocycles. The highest BCUT2D eigenvalue weighted by Crippen LogP contribution is 2.30. The fourth-order valence-electron chi connectivity index (χ4n) is 3.64. The molecule has 0 saturated carbocycles. The Morgan fingerprint density at radius 3 is 2.58 bits per heavy atom. The van der Waals surface area contributed by atoms with Gasteiger partial charge in [-0.1, -0.05) is 52.3 Å². The molecule has 1 aliphatic carbocycles. The molecule has 2 rings (SSSR count). The molecule has 0 fully saturated rings. The molecule has 0 amide bonds. The van der Waals surface area contributed by atoms with Crippen molar-refractivity contribution < 1.29 is 9.84 Å². The molecule has 0 aliphatic heterocycles. The number of aryl methyl sites for hydroxylation is 1. The van der Waals surface area contributed by atoms with Gasteiger partial charge in [-0.3, -0.25) is 0 Å². The van der Waals surface area contributed by atoms with Gasteiger partial charge in [-0.25, -0.2) is 0 Å². The van der Waals surface area contributed by atoms with Crippen LogP contribution in [0.4, 0.5) is 0 Å². The van der Waals surface area contributed by atoms with Gasteiger partial charge in [0.05, 0.1) is 0 Å². The SMILES string of the molecule is CCCC(CN)c1ccc2c(c1)CCC(COCCC(C)(C)C)C2.CO. The molecule has 0 saturated heterocycles. The van der Waals surface area contributed by atoms with E-state index in [2.05, 4.69) is 45.9 Å². The highest BCUT2D eigenvalue weighted by molar-refractivity contribution is 5.36. The zero-order valence-corrected chi connectivity index (χ0v) is 17.7. The van der Waals surface area contributed by atoms with Gasteiger partial charge in [0, 0.05) is 20.3 Å². The second-order valence-electron chi connectivity index (χ2n) is 8.74. The molecule has 2 unspecified atom stereocenters. The fourth-order valence-corrected chi connectivity index (χ4v) is 3.64. The van der Waals surface area contributed by atoms with Crippen LogP contribution in [0.2, 0.25) is 0 Å². The molecular weight excluding hydrogens is 322 g/mol. The first-order chi connectivity index (χ1) is 12.4. The molecule has 0 radical (unpaired) electrons. The number of ether oxygens (including phenoxy) is 1. The summed E-state index contributed by atoms with van der Waals surface area (Å²) in [6, 6.07) is 7.10. The number of rotatable bonds is 8. The topological polar surface area (TPSA) is 55.5 Å². The third kappa shape index (κ3) is 7.77. The quantitative estimate of drug-likeness (QED) is 0.659. The number of benzene rings is 1. The number of hydrogen-bond donors (Lipinski definition) is 2. The summed E-state index contributed by atoms with van der Waals surface area (Å²) in [5.41, 5.74) is 10.9. The minimum atomic E-state index is 0.369. The van der Waals surface area contributed by atoms with Gasteiger partial charge in [0.2, 0.25) is 0 Å². The van der Waals surface area contributed by atoms with Crippen molar-refractivity contribution >= 4 is 0 Å². The summed E-state index contributed by atoms with van der Waals surface area (Å²) in [7, 11) is 1.00. The second kappa shape index (κ2) is 11.7. The predicted molar refractivity (Wildman–Crippen MR) is 112 cm³/mol. The number of hydrogen-bond acceptors (Lipinski definition) is 3. The maximum atomic E-state index is 7.00. The molecule has 0 spiro atoms. The van der Waals surface area contributed by atoms with Crippen molar-refractivity contribution in [2.45, 2.75) is 72.1 Å². The van der Waals surface area contributed by atoms with E-state index in [1.54, 1.807) is 5.56 Å². The monoisotopic (exact) mass is 363 g/mol. The van der Waals surface area contributed by atoms with Crippen LogP contribution < -0.4 is 5.73 Å². The minimum absolute atomic E-state index is 0.369. The molecule has 0 heterocycles. The molecule has 3 nitrogen and oxygen atoms in total. The molecule has 0 aromatic heterocycles. The third-order valence-electron chi connectivity index (χ3n) is 5.30. The molecular formula is C23H41NO2. The van der Waals surface area contributed by atoms with E-state index in [0.29, 0.717) is 17.3 Å². The molecule has 1 aromatic rings. The van der Waals surface area contributed by atoms with Crippen LogP contribution in [0.3, 0.4) is 0 Å². The lowest BCUT2D eigenvalue weighted by Crippen LogP contribution is -2.21. The highest BCUT2D eigenvalue weighted by atomic mass is 16.5. The number of nitrogens with two attached hydrogens (primary N) is 1. The van der Waals surface area contributed by atoms with Gasteiger partial charge in [0.25, 0.3) is 0 Å². The lowest BCUT2D eigenvalue weighted by molar-refractivity contribution is 0.0756. The summed E-state index contributed by atoms with van der Waals surface area (Å²) in [5, 5.41) is 7.00. The van der Waals surface area contributed by atoms with Crippen LogP contribution in [-0.4, -0.2) is 32.0 Å². The van der Waals surface area contributed by atoms with E-state index >= 15 is 0 Å². The normalized spacial score (nSPS) is 17.9. The smallest absolute Gasteiger partial charge is 0.0497 e. The molecule has 1 aliphatic rings. The van der Waals surface area contributed by atoms with E-state index in [4.69, 9.17) is 15.6 Å². The van der Waals surface area contributed by atoms with Crippen molar-refractivity contribution in [2.24, 2.45) is 17.1 Å². The van der Waals surface area contributed by atoms with Crippen molar-refractivity contribution in [3.63, 3.8) is 0 Å². The van der Waals surface area contributed by atoms with Gasteiger partial charge in [-0.2, -0.15) is 0 Å². The van der Waals surface area contributed by atoms with Gasteiger partial charge in [-0.05, 0) is 72.6 Å². The van der Waals surface area contributed by atoms with Crippen molar-refractivity contribution in [1.82, 2.24) is 0 Å². The van der Waals surface area contributed by atoms with E-state index in [9.17, 15) is 0 Å². The number of aliphatic hydroxyl groups excluding tert-OH is 1. The first kappa shape index (κ1) is 23.1. The Kier molecular flexibility index (Phi) is 10.4. The van der Waals surface area contributed by atoms with E-state index in [-0.39, 0.29) is 0 Å². The number of aliphatic hydroxyl groups is 1. The van der Waals surface area contributed by atoms with Gasteiger partial charge in [0.1, 0.15) is 0 Å². The largest absolute Gasteiger partial charge is 0.400 e. The summed E-state index contributed by atoms with van der Waals surface area (Å²) in [5.74, 6) is 1.21. The van der Waals surface area contributed by atoms with Crippen LogP contribution in [0.5, 0.6) is 0 Å². The van der Waals surface area contributed by atoms with Gasteiger partial charge < -0.3 is 15.6 Å². The Bertz CT molecular complexity index is 507. The Morgan fingerprint density at radius 2 is 1.96 bits per heavy atom. The average molecular weight is 364 g/mol. The Hall–Kier alpha value is -0.900. The van der Waals surface area contributed by atoms with Gasteiger partial charge in [-0.15, -0.1) is 0 Å². The third-order valence-corrected chi connectivity index (χ3v) is 5.30. The molecule has 3 N–H and O–H groups in total.